The number of carbonyl (C=O) groups is 1. The molecular weight excluding hydrogens is 432 g/mol. The largest absolute Gasteiger partial charge is 0.449 e. The van der Waals surface area contributed by atoms with Crippen molar-refractivity contribution < 1.29 is 23.1 Å². The molecule has 0 aliphatic carbocycles. The molecule has 32 heavy (non-hydrogen) atoms. The Balaban J connectivity index is 2.00. The third kappa shape index (κ3) is 13.2. The summed E-state index contributed by atoms with van der Waals surface area (Å²) in [4.78, 5) is 13.9. The van der Waals surface area contributed by atoms with Crippen molar-refractivity contribution in [2.45, 2.75) is 88.4 Å². The van der Waals surface area contributed by atoms with Crippen molar-refractivity contribution in [3.05, 3.63) is 34.7 Å². The van der Waals surface area contributed by atoms with E-state index in [2.05, 4.69) is 14.7 Å². The van der Waals surface area contributed by atoms with Gasteiger partial charge in [0, 0.05) is 21.7 Å². The number of hydrogen-bond donors (Lipinski definition) is 2. The van der Waals surface area contributed by atoms with Gasteiger partial charge in [0.1, 0.15) is 0 Å². The van der Waals surface area contributed by atoms with Gasteiger partial charge in [-0.2, -0.15) is 0 Å². The number of rotatable bonds is 18. The molecule has 0 fully saturated rings. The van der Waals surface area contributed by atoms with Crippen molar-refractivity contribution in [3.8, 4) is 0 Å². The lowest BCUT2D eigenvalue weighted by Gasteiger charge is -2.07. The Morgan fingerprint density at radius 3 is 1.81 bits per heavy atom. The Hall–Kier alpha value is -2.29. The van der Waals surface area contributed by atoms with E-state index in [1.54, 1.807) is 0 Å². The molecule has 0 atom stereocenters. The van der Waals surface area contributed by atoms with Crippen LogP contribution in [-0.4, -0.2) is 32.8 Å². The summed E-state index contributed by atoms with van der Waals surface area (Å²) in [5.41, 5.74) is 8.66. The number of aliphatic hydroxyl groups excluding tert-OH is 1. The second-order valence-corrected chi connectivity index (χ2v) is 9.34. The van der Waals surface area contributed by atoms with E-state index in [-0.39, 0.29) is 4.90 Å². The van der Waals surface area contributed by atoms with Crippen LogP contribution in [0.25, 0.3) is 10.4 Å². The SMILES string of the molecule is [N-]=[N+]=NS(=O)(=O)c1ccc(NC(=O)OCCCCCCCCCCCCCCCO)cc1. The van der Waals surface area contributed by atoms with Crippen LogP contribution in [0.3, 0.4) is 0 Å². The van der Waals surface area contributed by atoms with Crippen LogP contribution in [0.2, 0.25) is 0 Å². The molecule has 1 rings (SSSR count). The van der Waals surface area contributed by atoms with E-state index < -0.39 is 16.1 Å². The number of amides is 1. The highest BCUT2D eigenvalue weighted by Crippen LogP contribution is 2.17. The smallest absolute Gasteiger partial charge is 0.411 e. The maximum absolute atomic E-state index is 11.8. The highest BCUT2D eigenvalue weighted by Gasteiger charge is 2.12. The lowest BCUT2D eigenvalue weighted by molar-refractivity contribution is 0.159. The van der Waals surface area contributed by atoms with E-state index in [9.17, 15) is 13.2 Å². The predicted molar refractivity (Wildman–Crippen MR) is 125 cm³/mol. The quantitative estimate of drug-likeness (QED) is 0.112. The normalized spacial score (nSPS) is 11.0. The Morgan fingerprint density at radius 1 is 0.875 bits per heavy atom. The van der Waals surface area contributed by atoms with Crippen LogP contribution in [0.15, 0.2) is 33.7 Å². The van der Waals surface area contributed by atoms with Gasteiger partial charge < -0.3 is 9.84 Å². The Kier molecular flexibility index (Phi) is 15.0. The molecule has 10 heteroatoms. The lowest BCUT2D eigenvalue weighted by atomic mass is 10.0. The molecule has 0 unspecified atom stereocenters. The summed E-state index contributed by atoms with van der Waals surface area (Å²) in [7, 11) is -4.04. The highest BCUT2D eigenvalue weighted by atomic mass is 32.2. The molecule has 9 nitrogen and oxygen atoms in total. The first-order valence-electron chi connectivity index (χ1n) is 11.5. The molecule has 0 aliphatic heterocycles. The molecule has 0 radical (unpaired) electrons. The molecule has 1 amide bonds. The van der Waals surface area contributed by atoms with Crippen molar-refractivity contribution >= 4 is 21.8 Å². The molecular formula is C22H36N4O5S. The van der Waals surface area contributed by atoms with Gasteiger partial charge >= 0.3 is 6.09 Å². The molecule has 180 valence electrons. The van der Waals surface area contributed by atoms with Crippen LogP contribution < -0.4 is 5.32 Å². The Morgan fingerprint density at radius 2 is 1.34 bits per heavy atom. The van der Waals surface area contributed by atoms with Gasteiger partial charge in [-0.25, -0.2) is 13.2 Å². The molecule has 0 spiro atoms. The van der Waals surface area contributed by atoms with Gasteiger partial charge in [0.2, 0.25) is 0 Å². The number of azide groups is 1. The van der Waals surface area contributed by atoms with Crippen molar-refractivity contribution in [1.82, 2.24) is 0 Å². The van der Waals surface area contributed by atoms with Crippen LogP contribution in [0.4, 0.5) is 10.5 Å². The number of nitrogens with zero attached hydrogens (tertiary/aromatic N) is 3. The topological polar surface area (TPSA) is 141 Å². The molecule has 1 aromatic rings. The molecule has 0 aromatic heterocycles. The summed E-state index contributed by atoms with van der Waals surface area (Å²) >= 11 is 0. The zero-order chi connectivity index (χ0) is 23.5. The van der Waals surface area contributed by atoms with Crippen molar-refractivity contribution in [2.24, 2.45) is 4.52 Å². The Labute approximate surface area is 191 Å². The molecule has 0 heterocycles. The van der Waals surface area contributed by atoms with Crippen LogP contribution in [0, 0.1) is 0 Å². The van der Waals surface area contributed by atoms with Crippen LogP contribution in [0.1, 0.15) is 83.5 Å². The summed E-state index contributed by atoms with van der Waals surface area (Å²) < 4.78 is 31.1. The fraction of sp³-hybridized carbons (Fsp3) is 0.682. The number of carbonyl (C=O) groups excluding carboxylic acids is 1. The first-order valence-corrected chi connectivity index (χ1v) is 12.9. The fourth-order valence-electron chi connectivity index (χ4n) is 3.28. The molecule has 0 bridgehead atoms. The zero-order valence-electron chi connectivity index (χ0n) is 18.7. The van der Waals surface area contributed by atoms with E-state index >= 15 is 0 Å². The average molecular weight is 469 g/mol. The number of hydrogen-bond acceptors (Lipinski definition) is 5. The standard InChI is InChI=1S/C22H36N4O5S/c23-25-26-32(29,30)21-16-14-20(15-17-21)24-22(28)31-19-13-11-9-7-5-3-1-2-4-6-8-10-12-18-27/h14-17,27H,1-13,18-19H2,(H,24,28). The van der Waals surface area contributed by atoms with E-state index in [1.165, 1.54) is 75.6 Å². The summed E-state index contributed by atoms with van der Waals surface area (Å²) in [5, 5.41) is 11.3. The van der Waals surface area contributed by atoms with Crippen LogP contribution >= 0.6 is 0 Å². The maximum atomic E-state index is 11.8. The van der Waals surface area contributed by atoms with Gasteiger partial charge in [0.25, 0.3) is 10.0 Å². The molecule has 0 aliphatic rings. The van der Waals surface area contributed by atoms with Crippen molar-refractivity contribution in [3.63, 3.8) is 0 Å². The van der Waals surface area contributed by atoms with Gasteiger partial charge in [-0.15, -0.1) is 0 Å². The first kappa shape index (κ1) is 27.7. The van der Waals surface area contributed by atoms with E-state index in [4.69, 9.17) is 15.4 Å². The van der Waals surface area contributed by atoms with Crippen molar-refractivity contribution in [2.75, 3.05) is 18.5 Å². The molecule has 1 aromatic carbocycles. The molecule has 0 saturated heterocycles. The van der Waals surface area contributed by atoms with Gasteiger partial charge in [0.05, 0.1) is 11.5 Å². The number of unbranched alkanes of at least 4 members (excludes halogenated alkanes) is 12. The second kappa shape index (κ2) is 17.3. The third-order valence-electron chi connectivity index (χ3n) is 5.08. The number of benzene rings is 1. The minimum Gasteiger partial charge on any atom is -0.449 e. The van der Waals surface area contributed by atoms with Crippen LogP contribution in [-0.2, 0) is 14.8 Å². The fourth-order valence-corrected chi connectivity index (χ4v) is 3.95. The van der Waals surface area contributed by atoms with E-state index in [0.29, 0.717) is 18.9 Å². The number of nitrogens with one attached hydrogen (secondary N) is 1. The summed E-state index contributed by atoms with van der Waals surface area (Å²) in [6.07, 6.45) is 14.6. The summed E-state index contributed by atoms with van der Waals surface area (Å²) in [6.45, 7) is 0.650. The highest BCUT2D eigenvalue weighted by molar-refractivity contribution is 7.90. The molecule has 2 N–H and O–H groups in total. The van der Waals surface area contributed by atoms with Crippen molar-refractivity contribution in [1.29, 1.82) is 0 Å². The maximum Gasteiger partial charge on any atom is 0.411 e. The number of ether oxygens (including phenoxy) is 1. The third-order valence-corrected chi connectivity index (χ3v) is 6.23. The number of aliphatic hydroxyl groups is 1. The second-order valence-electron chi connectivity index (χ2n) is 7.75. The van der Waals surface area contributed by atoms with Gasteiger partial charge in [0.15, 0.2) is 0 Å². The van der Waals surface area contributed by atoms with E-state index in [0.717, 1.165) is 32.1 Å². The van der Waals surface area contributed by atoms with E-state index in [1.807, 2.05) is 0 Å². The van der Waals surface area contributed by atoms with Gasteiger partial charge in [-0.3, -0.25) is 5.32 Å². The first-order chi connectivity index (χ1) is 15.5. The minimum atomic E-state index is -4.04. The predicted octanol–water partition coefficient (Wildman–Crippen LogP) is 6.30. The Bertz CT molecular complexity index is 793. The van der Waals surface area contributed by atoms with Gasteiger partial charge in [-0.05, 0) is 42.6 Å². The number of anilines is 1. The van der Waals surface area contributed by atoms with Gasteiger partial charge in [-0.1, -0.05) is 70.6 Å². The lowest BCUT2D eigenvalue weighted by Crippen LogP contribution is -2.14. The zero-order valence-corrected chi connectivity index (χ0v) is 19.6. The molecule has 0 saturated carbocycles. The average Bonchev–Trinajstić information content (AvgIpc) is 2.77. The van der Waals surface area contributed by atoms with Crippen LogP contribution in [0.5, 0.6) is 0 Å². The number of sulfonamides is 1. The summed E-state index contributed by atoms with van der Waals surface area (Å²) in [5.74, 6) is 0. The summed E-state index contributed by atoms with van der Waals surface area (Å²) in [6, 6.07) is 5.30. The minimum absolute atomic E-state index is 0.150. The monoisotopic (exact) mass is 468 g/mol.